The maximum absolute atomic E-state index is 12.3. The molecule has 1 N–H and O–H groups in total. The summed E-state index contributed by atoms with van der Waals surface area (Å²) in [5.74, 6) is -0.196. The summed E-state index contributed by atoms with van der Waals surface area (Å²) < 4.78 is 22.5. The van der Waals surface area contributed by atoms with E-state index in [0.29, 0.717) is 11.1 Å². The molecule has 23 heavy (non-hydrogen) atoms. The highest BCUT2D eigenvalue weighted by atomic mass is 32.2. The van der Waals surface area contributed by atoms with Gasteiger partial charge >= 0.3 is 0 Å². The number of rotatable bonds is 5. The summed E-state index contributed by atoms with van der Waals surface area (Å²) in [4.78, 5) is 12.3. The predicted octanol–water partition coefficient (Wildman–Crippen LogP) is 3.03. The van der Waals surface area contributed by atoms with Crippen molar-refractivity contribution >= 4 is 15.7 Å². The highest BCUT2D eigenvalue weighted by molar-refractivity contribution is 7.89. The third-order valence-corrected chi connectivity index (χ3v) is 4.43. The van der Waals surface area contributed by atoms with Crippen LogP contribution in [0.2, 0.25) is 0 Å². The van der Waals surface area contributed by atoms with Crippen LogP contribution in [0.5, 0.6) is 0 Å². The fourth-order valence-electron chi connectivity index (χ4n) is 2.27. The van der Waals surface area contributed by atoms with Crippen LogP contribution in [0.1, 0.15) is 40.0 Å². The molecule has 0 saturated carbocycles. The van der Waals surface area contributed by atoms with Crippen LogP contribution < -0.4 is 5.32 Å². The second kappa shape index (κ2) is 6.96. The molecule has 0 heterocycles. The number of hydrogen-bond acceptors (Lipinski definition) is 3. The number of benzene rings is 2. The van der Waals surface area contributed by atoms with E-state index < -0.39 is 9.84 Å². The van der Waals surface area contributed by atoms with Gasteiger partial charge in [-0.15, -0.1) is 0 Å². The number of aryl methyl sites for hydroxylation is 1. The van der Waals surface area contributed by atoms with E-state index in [1.807, 2.05) is 38.1 Å². The zero-order chi connectivity index (χ0) is 17.0. The van der Waals surface area contributed by atoms with Crippen molar-refractivity contribution in [3.05, 3.63) is 70.8 Å². The Labute approximate surface area is 137 Å². The average Bonchev–Trinajstić information content (AvgIpc) is 2.46. The predicted molar refractivity (Wildman–Crippen MR) is 92.1 cm³/mol. The molecular formula is C18H21NO3S. The van der Waals surface area contributed by atoms with Crippen LogP contribution in [-0.4, -0.2) is 20.6 Å². The lowest BCUT2D eigenvalue weighted by molar-refractivity contribution is 0.0940. The molecule has 0 fully saturated rings. The van der Waals surface area contributed by atoms with Crippen LogP contribution in [0.3, 0.4) is 0 Å². The van der Waals surface area contributed by atoms with E-state index in [0.717, 1.165) is 5.56 Å². The first-order valence-corrected chi connectivity index (χ1v) is 9.45. The normalized spacial score (nSPS) is 12.7. The van der Waals surface area contributed by atoms with Gasteiger partial charge in [-0.25, -0.2) is 8.42 Å². The van der Waals surface area contributed by atoms with E-state index >= 15 is 0 Å². The van der Waals surface area contributed by atoms with Gasteiger partial charge in [-0.2, -0.15) is 0 Å². The van der Waals surface area contributed by atoms with Crippen molar-refractivity contribution in [1.29, 1.82) is 0 Å². The van der Waals surface area contributed by atoms with Crippen LogP contribution in [0.15, 0.2) is 48.5 Å². The minimum Gasteiger partial charge on any atom is -0.346 e. The molecule has 0 radical (unpaired) electrons. The van der Waals surface area contributed by atoms with Crippen molar-refractivity contribution in [1.82, 2.24) is 5.32 Å². The van der Waals surface area contributed by atoms with Gasteiger partial charge in [-0.1, -0.05) is 42.0 Å². The number of carbonyl (C=O) groups is 1. The second-order valence-corrected chi connectivity index (χ2v) is 8.01. The van der Waals surface area contributed by atoms with Crippen molar-refractivity contribution < 1.29 is 13.2 Å². The molecule has 0 aliphatic heterocycles. The molecule has 0 saturated heterocycles. The summed E-state index contributed by atoms with van der Waals surface area (Å²) in [6, 6.07) is 14.6. The molecule has 0 bridgehead atoms. The average molecular weight is 331 g/mol. The zero-order valence-corrected chi connectivity index (χ0v) is 14.4. The van der Waals surface area contributed by atoms with E-state index in [1.165, 1.54) is 11.8 Å². The third-order valence-electron chi connectivity index (χ3n) is 3.57. The molecule has 0 aromatic heterocycles. The summed E-state index contributed by atoms with van der Waals surface area (Å²) in [7, 11) is -3.07. The van der Waals surface area contributed by atoms with Gasteiger partial charge in [0.2, 0.25) is 0 Å². The molecule has 2 aromatic rings. The lowest BCUT2D eigenvalue weighted by atomic mass is 10.1. The number of amides is 1. The van der Waals surface area contributed by atoms with Crippen molar-refractivity contribution in [3.63, 3.8) is 0 Å². The Kier molecular flexibility index (Phi) is 5.21. The Morgan fingerprint density at radius 1 is 1.04 bits per heavy atom. The molecule has 1 unspecified atom stereocenters. The van der Waals surface area contributed by atoms with Gasteiger partial charge in [0.15, 0.2) is 9.84 Å². The second-order valence-electron chi connectivity index (χ2n) is 5.87. The Bertz CT molecular complexity index is 778. The van der Waals surface area contributed by atoms with Crippen molar-refractivity contribution in [2.24, 2.45) is 0 Å². The highest BCUT2D eigenvalue weighted by Gasteiger charge is 2.12. The first-order chi connectivity index (χ1) is 10.7. The van der Waals surface area contributed by atoms with Gasteiger partial charge in [0.25, 0.3) is 5.91 Å². The Morgan fingerprint density at radius 3 is 2.13 bits per heavy atom. The van der Waals surface area contributed by atoms with Crippen LogP contribution in [0, 0.1) is 6.92 Å². The molecule has 122 valence electrons. The van der Waals surface area contributed by atoms with E-state index in [1.54, 1.807) is 24.3 Å². The summed E-state index contributed by atoms with van der Waals surface area (Å²) in [6.07, 6.45) is 1.19. The fourth-order valence-corrected chi connectivity index (χ4v) is 3.07. The SMILES string of the molecule is Cc1ccc(C(C)NC(=O)c2ccc(CS(C)(=O)=O)cc2)cc1. The highest BCUT2D eigenvalue weighted by Crippen LogP contribution is 2.14. The molecule has 2 aromatic carbocycles. The van der Waals surface area contributed by atoms with Crippen molar-refractivity contribution in [2.45, 2.75) is 25.6 Å². The smallest absolute Gasteiger partial charge is 0.251 e. The first kappa shape index (κ1) is 17.2. The van der Waals surface area contributed by atoms with Gasteiger partial charge in [0.1, 0.15) is 0 Å². The Balaban J connectivity index is 2.04. The number of nitrogens with one attached hydrogen (secondary N) is 1. The molecule has 1 atom stereocenters. The monoisotopic (exact) mass is 331 g/mol. The minimum absolute atomic E-state index is 0.0192. The van der Waals surface area contributed by atoms with E-state index in [9.17, 15) is 13.2 Å². The molecule has 5 heteroatoms. The van der Waals surface area contributed by atoms with Crippen LogP contribution in [-0.2, 0) is 15.6 Å². The van der Waals surface area contributed by atoms with Gasteiger partial charge in [-0.3, -0.25) is 4.79 Å². The number of sulfone groups is 1. The molecule has 2 rings (SSSR count). The van der Waals surface area contributed by atoms with Gasteiger partial charge in [0, 0.05) is 11.8 Å². The molecule has 0 aliphatic carbocycles. The molecule has 1 amide bonds. The van der Waals surface area contributed by atoms with Crippen LogP contribution in [0.4, 0.5) is 0 Å². The quantitative estimate of drug-likeness (QED) is 0.916. The van der Waals surface area contributed by atoms with Crippen LogP contribution in [0.25, 0.3) is 0 Å². The minimum atomic E-state index is -3.07. The third kappa shape index (κ3) is 5.21. The van der Waals surface area contributed by atoms with Crippen molar-refractivity contribution in [2.75, 3.05) is 6.26 Å². The van der Waals surface area contributed by atoms with E-state index in [2.05, 4.69) is 5.32 Å². The summed E-state index contributed by atoms with van der Waals surface area (Å²) in [5, 5.41) is 2.94. The molecule has 4 nitrogen and oxygen atoms in total. The number of hydrogen-bond donors (Lipinski definition) is 1. The van der Waals surface area contributed by atoms with E-state index in [4.69, 9.17) is 0 Å². The van der Waals surface area contributed by atoms with Gasteiger partial charge < -0.3 is 5.32 Å². The van der Waals surface area contributed by atoms with Gasteiger partial charge in [-0.05, 0) is 37.1 Å². The molecule has 0 aliphatic rings. The van der Waals surface area contributed by atoms with Crippen molar-refractivity contribution in [3.8, 4) is 0 Å². The summed E-state index contributed by atoms with van der Waals surface area (Å²) in [6.45, 7) is 3.95. The number of carbonyl (C=O) groups excluding carboxylic acids is 1. The molecule has 0 spiro atoms. The lowest BCUT2D eigenvalue weighted by Gasteiger charge is -2.15. The first-order valence-electron chi connectivity index (χ1n) is 7.39. The lowest BCUT2D eigenvalue weighted by Crippen LogP contribution is -2.26. The maximum atomic E-state index is 12.3. The van der Waals surface area contributed by atoms with Gasteiger partial charge in [0.05, 0.1) is 11.8 Å². The largest absolute Gasteiger partial charge is 0.346 e. The standard InChI is InChI=1S/C18H21NO3S/c1-13-4-8-16(9-5-13)14(2)19-18(20)17-10-6-15(7-11-17)12-23(3,21)22/h4-11,14H,12H2,1-3H3,(H,19,20). The molecular weight excluding hydrogens is 310 g/mol. The fraction of sp³-hybridized carbons (Fsp3) is 0.278. The van der Waals surface area contributed by atoms with E-state index in [-0.39, 0.29) is 17.7 Å². The topological polar surface area (TPSA) is 63.2 Å². The zero-order valence-electron chi connectivity index (χ0n) is 13.5. The Morgan fingerprint density at radius 2 is 1.61 bits per heavy atom. The summed E-state index contributed by atoms with van der Waals surface area (Å²) in [5.41, 5.74) is 3.41. The summed E-state index contributed by atoms with van der Waals surface area (Å²) >= 11 is 0. The Hall–Kier alpha value is -2.14. The maximum Gasteiger partial charge on any atom is 0.251 e. The van der Waals surface area contributed by atoms with Crippen LogP contribution >= 0.6 is 0 Å².